The number of carbonyl (C=O) groups excluding carboxylic acids is 1. The molecule has 1 unspecified atom stereocenters. The van der Waals surface area contributed by atoms with Gasteiger partial charge in [-0.2, -0.15) is 0 Å². The predicted molar refractivity (Wildman–Crippen MR) is 74.4 cm³/mol. The first kappa shape index (κ1) is 14.3. The normalized spacial score (nSPS) is 11.6. The minimum absolute atomic E-state index is 0.0504. The second kappa shape index (κ2) is 7.52. The molecular formula is C15H20N2O. The largest absolute Gasteiger partial charge is 0.351 e. The van der Waals surface area contributed by atoms with Gasteiger partial charge in [0.25, 0.3) is 5.91 Å². The summed E-state index contributed by atoms with van der Waals surface area (Å²) < 4.78 is 0. The second-order valence-electron chi connectivity index (χ2n) is 4.20. The van der Waals surface area contributed by atoms with Crippen molar-refractivity contribution in [1.82, 2.24) is 10.6 Å². The third-order valence-corrected chi connectivity index (χ3v) is 2.72. The molecule has 0 aliphatic heterocycles. The number of benzene rings is 1. The van der Waals surface area contributed by atoms with Crippen molar-refractivity contribution in [1.29, 1.82) is 0 Å². The van der Waals surface area contributed by atoms with Crippen LogP contribution in [0.5, 0.6) is 0 Å². The van der Waals surface area contributed by atoms with E-state index < -0.39 is 0 Å². The molecule has 0 saturated carbocycles. The molecule has 1 rings (SSSR count). The van der Waals surface area contributed by atoms with Crippen LogP contribution in [-0.2, 0) is 0 Å². The lowest BCUT2D eigenvalue weighted by molar-refractivity contribution is 0.0954. The molecule has 0 heterocycles. The van der Waals surface area contributed by atoms with Crippen molar-refractivity contribution < 1.29 is 4.79 Å². The molecule has 3 nitrogen and oxygen atoms in total. The van der Waals surface area contributed by atoms with Gasteiger partial charge in [0.05, 0.1) is 6.04 Å². The molecule has 0 fully saturated rings. The van der Waals surface area contributed by atoms with E-state index in [9.17, 15) is 4.79 Å². The molecule has 96 valence electrons. The van der Waals surface area contributed by atoms with Crippen LogP contribution >= 0.6 is 0 Å². The van der Waals surface area contributed by atoms with Gasteiger partial charge in [-0.1, -0.05) is 30.5 Å². The van der Waals surface area contributed by atoms with E-state index >= 15 is 0 Å². The first-order valence-corrected chi connectivity index (χ1v) is 6.21. The van der Waals surface area contributed by atoms with E-state index in [1.54, 1.807) is 0 Å². The molecule has 1 aromatic carbocycles. The standard InChI is InChI=1S/C15H20N2O/c1-4-14(5-2)16-10-11-17-15(18)13-8-6-12(3)7-9-13/h1,6-9,14,16H,5,10-11H2,2-3H3,(H,17,18). The molecule has 0 aliphatic carbocycles. The lowest BCUT2D eigenvalue weighted by Gasteiger charge is -2.11. The fraction of sp³-hybridized carbons (Fsp3) is 0.400. The maximum atomic E-state index is 11.8. The van der Waals surface area contributed by atoms with Crippen LogP contribution in [-0.4, -0.2) is 25.0 Å². The molecule has 1 amide bonds. The first-order valence-electron chi connectivity index (χ1n) is 6.21. The fourth-order valence-electron chi connectivity index (χ4n) is 1.55. The van der Waals surface area contributed by atoms with E-state index in [-0.39, 0.29) is 11.9 Å². The first-order chi connectivity index (χ1) is 8.67. The van der Waals surface area contributed by atoms with Crippen LogP contribution in [0.3, 0.4) is 0 Å². The van der Waals surface area contributed by atoms with Crippen LogP contribution in [0.1, 0.15) is 29.3 Å². The van der Waals surface area contributed by atoms with Crippen molar-refractivity contribution in [2.24, 2.45) is 0 Å². The summed E-state index contributed by atoms with van der Waals surface area (Å²) in [5.41, 5.74) is 1.83. The monoisotopic (exact) mass is 244 g/mol. The molecule has 0 saturated heterocycles. The van der Waals surface area contributed by atoms with Gasteiger partial charge in [0.1, 0.15) is 0 Å². The summed E-state index contributed by atoms with van der Waals surface area (Å²) in [5.74, 6) is 2.60. The molecule has 3 heteroatoms. The van der Waals surface area contributed by atoms with Gasteiger partial charge in [-0.15, -0.1) is 6.42 Å². The van der Waals surface area contributed by atoms with Gasteiger partial charge in [-0.05, 0) is 25.5 Å². The van der Waals surface area contributed by atoms with Gasteiger partial charge in [-0.25, -0.2) is 0 Å². The zero-order chi connectivity index (χ0) is 13.4. The van der Waals surface area contributed by atoms with Crippen molar-refractivity contribution in [3.8, 4) is 12.3 Å². The summed E-state index contributed by atoms with van der Waals surface area (Å²) in [6, 6.07) is 7.60. The van der Waals surface area contributed by atoms with Gasteiger partial charge in [0.15, 0.2) is 0 Å². The highest BCUT2D eigenvalue weighted by Gasteiger charge is 2.04. The number of carbonyl (C=O) groups is 1. The van der Waals surface area contributed by atoms with Crippen LogP contribution in [0, 0.1) is 19.3 Å². The predicted octanol–water partition coefficient (Wildman–Crippen LogP) is 1.73. The topological polar surface area (TPSA) is 41.1 Å². The molecular weight excluding hydrogens is 224 g/mol. The van der Waals surface area contributed by atoms with Crippen molar-refractivity contribution in [2.45, 2.75) is 26.3 Å². The molecule has 1 aromatic rings. The van der Waals surface area contributed by atoms with Crippen LogP contribution < -0.4 is 10.6 Å². The highest BCUT2D eigenvalue weighted by Crippen LogP contribution is 2.02. The van der Waals surface area contributed by atoms with Gasteiger partial charge in [0, 0.05) is 18.7 Å². The summed E-state index contributed by atoms with van der Waals surface area (Å²) in [5, 5.41) is 6.04. The maximum absolute atomic E-state index is 11.8. The minimum Gasteiger partial charge on any atom is -0.351 e. The van der Waals surface area contributed by atoms with E-state index in [2.05, 4.69) is 16.6 Å². The van der Waals surface area contributed by atoms with Crippen LogP contribution in [0.4, 0.5) is 0 Å². The Morgan fingerprint density at radius 1 is 1.33 bits per heavy atom. The Kier molecular flexibility index (Phi) is 5.96. The summed E-state index contributed by atoms with van der Waals surface area (Å²) in [6.45, 7) is 5.28. The summed E-state index contributed by atoms with van der Waals surface area (Å²) in [6.07, 6.45) is 6.22. The van der Waals surface area contributed by atoms with E-state index in [1.807, 2.05) is 38.1 Å². The van der Waals surface area contributed by atoms with Crippen molar-refractivity contribution in [3.05, 3.63) is 35.4 Å². The Labute approximate surface area is 109 Å². The Hall–Kier alpha value is -1.79. The molecule has 1 atom stereocenters. The highest BCUT2D eigenvalue weighted by molar-refractivity contribution is 5.94. The fourth-order valence-corrected chi connectivity index (χ4v) is 1.55. The average Bonchev–Trinajstić information content (AvgIpc) is 2.39. The molecule has 0 bridgehead atoms. The zero-order valence-corrected chi connectivity index (χ0v) is 11.0. The smallest absolute Gasteiger partial charge is 0.251 e. The van der Waals surface area contributed by atoms with Gasteiger partial charge >= 0.3 is 0 Å². The Balaban J connectivity index is 2.30. The summed E-state index contributed by atoms with van der Waals surface area (Å²) in [4.78, 5) is 11.8. The van der Waals surface area contributed by atoms with Crippen LogP contribution in [0.15, 0.2) is 24.3 Å². The lowest BCUT2D eigenvalue weighted by atomic mass is 10.1. The van der Waals surface area contributed by atoms with E-state index in [4.69, 9.17) is 6.42 Å². The number of amides is 1. The van der Waals surface area contributed by atoms with Gasteiger partial charge < -0.3 is 10.6 Å². The molecule has 0 aliphatic rings. The molecule has 18 heavy (non-hydrogen) atoms. The van der Waals surface area contributed by atoms with E-state index in [0.29, 0.717) is 18.7 Å². The summed E-state index contributed by atoms with van der Waals surface area (Å²) >= 11 is 0. The van der Waals surface area contributed by atoms with Crippen LogP contribution in [0.2, 0.25) is 0 Å². The highest BCUT2D eigenvalue weighted by atomic mass is 16.1. The van der Waals surface area contributed by atoms with E-state index in [1.165, 1.54) is 0 Å². The van der Waals surface area contributed by atoms with Crippen molar-refractivity contribution >= 4 is 5.91 Å². The Bertz CT molecular complexity index is 417. The molecule has 0 aromatic heterocycles. The molecule has 2 N–H and O–H groups in total. The molecule has 0 radical (unpaired) electrons. The number of hydrogen-bond donors (Lipinski definition) is 2. The van der Waals surface area contributed by atoms with Crippen molar-refractivity contribution in [3.63, 3.8) is 0 Å². The number of hydrogen-bond acceptors (Lipinski definition) is 2. The third kappa shape index (κ3) is 4.60. The average molecular weight is 244 g/mol. The number of rotatable bonds is 6. The quantitative estimate of drug-likeness (QED) is 0.591. The third-order valence-electron chi connectivity index (χ3n) is 2.72. The number of terminal acetylenes is 1. The molecule has 0 spiro atoms. The van der Waals surface area contributed by atoms with Crippen molar-refractivity contribution in [2.75, 3.05) is 13.1 Å². The second-order valence-corrected chi connectivity index (χ2v) is 4.20. The van der Waals surface area contributed by atoms with Gasteiger partial charge in [0.2, 0.25) is 0 Å². The minimum atomic E-state index is -0.0504. The number of nitrogens with one attached hydrogen (secondary N) is 2. The lowest BCUT2D eigenvalue weighted by Crippen LogP contribution is -2.36. The SMILES string of the molecule is C#CC(CC)NCCNC(=O)c1ccc(C)cc1. The van der Waals surface area contributed by atoms with Gasteiger partial charge in [-0.3, -0.25) is 4.79 Å². The Morgan fingerprint density at radius 3 is 2.56 bits per heavy atom. The summed E-state index contributed by atoms with van der Waals surface area (Å²) in [7, 11) is 0. The zero-order valence-electron chi connectivity index (χ0n) is 11.0. The van der Waals surface area contributed by atoms with Crippen LogP contribution in [0.25, 0.3) is 0 Å². The Morgan fingerprint density at radius 2 is 2.00 bits per heavy atom. The van der Waals surface area contributed by atoms with E-state index in [0.717, 1.165) is 12.0 Å². The number of aryl methyl sites for hydroxylation is 1. The maximum Gasteiger partial charge on any atom is 0.251 e.